The fraction of sp³-hybridized carbons (Fsp3) is 0.517. The van der Waals surface area contributed by atoms with E-state index in [0.29, 0.717) is 18.8 Å². The number of nitrogens with zero attached hydrogens (tertiary/aromatic N) is 1. The molecule has 0 aliphatic heterocycles. The molecular formula is C29H34ClF4NO6. The number of carbonyl (C=O) groups excluding carboxylic acids is 2. The molecule has 0 heterocycles. The summed E-state index contributed by atoms with van der Waals surface area (Å²) in [7, 11) is 3.96. The fourth-order valence-electron chi connectivity index (χ4n) is 4.96. The first kappa shape index (κ1) is 32.6. The van der Waals surface area contributed by atoms with Crippen LogP contribution < -0.4 is 9.64 Å². The number of amides is 1. The molecule has 2 aromatic carbocycles. The van der Waals surface area contributed by atoms with E-state index in [4.69, 9.17) is 30.5 Å². The summed E-state index contributed by atoms with van der Waals surface area (Å²) in [5, 5.41) is 0. The maximum atomic E-state index is 15.6. The molecule has 0 bridgehead atoms. The largest absolute Gasteiger partial charge is 0.465 e. The van der Waals surface area contributed by atoms with Crippen LogP contribution in [0, 0.1) is 17.7 Å². The summed E-state index contributed by atoms with van der Waals surface area (Å²) in [6, 6.07) is 4.23. The molecule has 7 nitrogen and oxygen atoms in total. The van der Waals surface area contributed by atoms with Crippen molar-refractivity contribution in [1.29, 1.82) is 0 Å². The number of hydrogen-bond donors (Lipinski definition) is 0. The van der Waals surface area contributed by atoms with Crippen LogP contribution in [0.3, 0.4) is 0 Å². The van der Waals surface area contributed by atoms with E-state index in [9.17, 15) is 22.8 Å². The molecule has 0 aromatic heterocycles. The Kier molecular flexibility index (Phi) is 11.4. The molecule has 3 rings (SSSR count). The Morgan fingerprint density at radius 2 is 1.63 bits per heavy atom. The van der Waals surface area contributed by atoms with Crippen LogP contribution in [0.25, 0.3) is 0 Å². The van der Waals surface area contributed by atoms with Gasteiger partial charge in [-0.3, -0.25) is 4.79 Å². The summed E-state index contributed by atoms with van der Waals surface area (Å²) in [4.78, 5) is 28.2. The summed E-state index contributed by atoms with van der Waals surface area (Å²) in [6.45, 7) is 2.12. The third-order valence-electron chi connectivity index (χ3n) is 7.12. The highest BCUT2D eigenvalue weighted by molar-refractivity contribution is 6.17. The van der Waals surface area contributed by atoms with Crippen molar-refractivity contribution in [2.45, 2.75) is 50.7 Å². The molecule has 0 saturated heterocycles. The van der Waals surface area contributed by atoms with Gasteiger partial charge in [-0.15, -0.1) is 11.6 Å². The van der Waals surface area contributed by atoms with Gasteiger partial charge >= 0.3 is 12.1 Å². The molecule has 0 unspecified atom stereocenters. The smallest absolute Gasteiger partial charge is 0.419 e. The second-order valence-electron chi connectivity index (χ2n) is 10.1. The number of halogens is 5. The minimum absolute atomic E-state index is 0.00501. The Labute approximate surface area is 241 Å². The number of benzene rings is 2. The zero-order valence-corrected chi connectivity index (χ0v) is 24.1. The van der Waals surface area contributed by atoms with E-state index < -0.39 is 41.1 Å². The quantitative estimate of drug-likeness (QED) is 0.157. The van der Waals surface area contributed by atoms with Crippen LogP contribution in [0.4, 0.5) is 23.2 Å². The van der Waals surface area contributed by atoms with Gasteiger partial charge in [0, 0.05) is 38.2 Å². The zero-order valence-electron chi connectivity index (χ0n) is 23.4. The number of alkyl halides is 4. The lowest BCUT2D eigenvalue weighted by atomic mass is 9.82. The fourth-order valence-corrected chi connectivity index (χ4v) is 5.13. The molecule has 0 spiro atoms. The summed E-state index contributed by atoms with van der Waals surface area (Å²) in [5.41, 5.74) is -1.38. The lowest BCUT2D eigenvalue weighted by molar-refractivity contribution is -0.138. The van der Waals surface area contributed by atoms with Gasteiger partial charge in [-0.2, -0.15) is 13.2 Å². The minimum atomic E-state index is -4.83. The van der Waals surface area contributed by atoms with Crippen molar-refractivity contribution >= 4 is 29.2 Å². The van der Waals surface area contributed by atoms with E-state index in [1.54, 1.807) is 0 Å². The van der Waals surface area contributed by atoms with E-state index >= 15 is 4.39 Å². The van der Waals surface area contributed by atoms with Crippen molar-refractivity contribution in [3.63, 3.8) is 0 Å². The number of hydrogen-bond acceptors (Lipinski definition) is 6. The van der Waals surface area contributed by atoms with Gasteiger partial charge < -0.3 is 23.8 Å². The van der Waals surface area contributed by atoms with Gasteiger partial charge in [0.2, 0.25) is 5.91 Å². The molecule has 1 amide bonds. The maximum absolute atomic E-state index is 15.6. The third kappa shape index (κ3) is 7.90. The number of esters is 1. The predicted molar refractivity (Wildman–Crippen MR) is 145 cm³/mol. The molecule has 1 aliphatic carbocycles. The predicted octanol–water partition coefficient (Wildman–Crippen LogP) is 6.98. The molecule has 41 heavy (non-hydrogen) atoms. The van der Waals surface area contributed by atoms with Crippen molar-refractivity contribution in [2.75, 3.05) is 39.4 Å². The SMILES string of the molecule is COCC(COC)N(c1cc(F)c(Oc2ccc(CCl)cc2C(F)(F)F)cc1C(=O)OC)C(=O)[C@H]1CC[C@H](C)CC1. The lowest BCUT2D eigenvalue weighted by Gasteiger charge is -2.36. The molecule has 0 N–H and O–H groups in total. The highest BCUT2D eigenvalue weighted by Crippen LogP contribution is 2.41. The highest BCUT2D eigenvalue weighted by atomic mass is 35.5. The highest BCUT2D eigenvalue weighted by Gasteiger charge is 2.37. The van der Waals surface area contributed by atoms with Crippen molar-refractivity contribution in [2.24, 2.45) is 11.8 Å². The molecule has 226 valence electrons. The van der Waals surface area contributed by atoms with E-state index in [0.717, 1.165) is 44.2 Å². The van der Waals surface area contributed by atoms with Crippen molar-refractivity contribution in [3.05, 3.63) is 52.8 Å². The van der Waals surface area contributed by atoms with Crippen LogP contribution >= 0.6 is 11.6 Å². The Hall–Kier alpha value is -2.89. The van der Waals surface area contributed by atoms with E-state index in [2.05, 4.69) is 6.92 Å². The van der Waals surface area contributed by atoms with Crippen LogP contribution in [0.5, 0.6) is 11.5 Å². The number of methoxy groups -OCH3 is 3. The Balaban J connectivity index is 2.15. The normalized spacial score (nSPS) is 17.4. The molecule has 1 aliphatic rings. The van der Waals surface area contributed by atoms with Crippen molar-refractivity contribution in [3.8, 4) is 11.5 Å². The zero-order chi connectivity index (χ0) is 30.3. The van der Waals surface area contributed by atoms with Gasteiger partial charge in [-0.05, 0) is 49.3 Å². The van der Waals surface area contributed by atoms with Crippen LogP contribution in [0.1, 0.15) is 54.1 Å². The number of carbonyl (C=O) groups is 2. The van der Waals surface area contributed by atoms with Crippen LogP contribution in [0.15, 0.2) is 30.3 Å². The number of rotatable bonds is 11. The van der Waals surface area contributed by atoms with E-state index in [1.165, 1.54) is 25.2 Å². The van der Waals surface area contributed by atoms with E-state index in [-0.39, 0.29) is 47.7 Å². The Morgan fingerprint density at radius 3 is 2.17 bits per heavy atom. The van der Waals surface area contributed by atoms with Gasteiger partial charge in [-0.25, -0.2) is 9.18 Å². The van der Waals surface area contributed by atoms with Gasteiger partial charge in [0.1, 0.15) is 5.75 Å². The molecule has 2 aromatic rings. The van der Waals surface area contributed by atoms with Gasteiger partial charge in [-0.1, -0.05) is 13.0 Å². The van der Waals surface area contributed by atoms with Gasteiger partial charge in [0.05, 0.1) is 43.2 Å². The van der Waals surface area contributed by atoms with Crippen LogP contribution in [0.2, 0.25) is 0 Å². The summed E-state index contributed by atoms with van der Waals surface area (Å²) < 4.78 is 77.8. The lowest BCUT2D eigenvalue weighted by Crippen LogP contribution is -2.49. The Morgan fingerprint density at radius 1 is 1.00 bits per heavy atom. The monoisotopic (exact) mass is 603 g/mol. The summed E-state index contributed by atoms with van der Waals surface area (Å²) in [6.07, 6.45) is -1.94. The first-order valence-corrected chi connectivity index (χ1v) is 13.6. The maximum Gasteiger partial charge on any atom is 0.419 e. The number of ether oxygens (including phenoxy) is 4. The molecular weight excluding hydrogens is 570 g/mol. The molecule has 12 heteroatoms. The standard InChI is InChI=1S/C29H34ClF4NO6/c1-17-5-8-19(9-6-17)27(36)35(20(15-38-2)16-39-3)24-13-23(31)26(12-21(24)28(37)40-4)41-25-10-7-18(14-30)11-22(25)29(32,33)34/h7,10-13,17,19-20H,5-6,8-9,14-16H2,1-4H3/t17-,19-. The summed E-state index contributed by atoms with van der Waals surface area (Å²) in [5.74, 6) is -3.82. The van der Waals surface area contributed by atoms with Gasteiger partial charge in [0.25, 0.3) is 0 Å². The van der Waals surface area contributed by atoms with E-state index in [1.807, 2.05) is 0 Å². The van der Waals surface area contributed by atoms with Crippen LogP contribution in [-0.2, 0) is 31.1 Å². The average Bonchev–Trinajstić information content (AvgIpc) is 2.94. The third-order valence-corrected chi connectivity index (χ3v) is 7.43. The minimum Gasteiger partial charge on any atom is -0.465 e. The topological polar surface area (TPSA) is 74.3 Å². The average molecular weight is 604 g/mol. The van der Waals surface area contributed by atoms with Crippen molar-refractivity contribution < 1.29 is 46.1 Å². The first-order chi connectivity index (χ1) is 19.4. The second-order valence-corrected chi connectivity index (χ2v) is 10.4. The van der Waals surface area contributed by atoms with Crippen LogP contribution in [-0.4, -0.2) is 52.5 Å². The first-order valence-electron chi connectivity index (χ1n) is 13.1. The second kappa shape index (κ2) is 14.3. The molecule has 0 atom stereocenters. The number of anilines is 1. The van der Waals surface area contributed by atoms with Gasteiger partial charge in [0.15, 0.2) is 11.6 Å². The summed E-state index contributed by atoms with van der Waals surface area (Å²) >= 11 is 5.69. The molecule has 1 saturated carbocycles. The molecule has 0 radical (unpaired) electrons. The Bertz CT molecular complexity index is 1210. The molecule has 1 fully saturated rings. The van der Waals surface area contributed by atoms with Crippen molar-refractivity contribution in [1.82, 2.24) is 0 Å².